The summed E-state index contributed by atoms with van der Waals surface area (Å²) in [6.07, 6.45) is 1.02. The fourth-order valence-electron chi connectivity index (χ4n) is 3.67. The molecule has 0 radical (unpaired) electrons. The molecule has 4 nitrogen and oxygen atoms in total. The number of carbonyl (C=O) groups is 1. The highest BCUT2D eigenvalue weighted by molar-refractivity contribution is 5.89. The molecule has 1 aliphatic rings. The number of aromatic carboxylic acids is 1. The summed E-state index contributed by atoms with van der Waals surface area (Å²) in [5.74, 6) is -0.0410. The molecule has 136 valence electrons. The molecule has 0 amide bonds. The molecule has 4 rings (SSSR count). The van der Waals surface area contributed by atoms with Gasteiger partial charge in [-0.05, 0) is 47.4 Å². The Balaban J connectivity index is 1.66. The normalized spacial score (nSPS) is 12.7. The van der Waals surface area contributed by atoms with Crippen LogP contribution in [0.1, 0.15) is 21.5 Å². The first-order chi connectivity index (χ1) is 13.2. The van der Waals surface area contributed by atoms with E-state index >= 15 is 0 Å². The molecule has 1 N–H and O–H groups in total. The van der Waals surface area contributed by atoms with Crippen LogP contribution in [0.5, 0.6) is 5.75 Å². The third-order valence-electron chi connectivity index (χ3n) is 5.06. The number of carboxylic acid groups (broad SMARTS) is 1. The summed E-state index contributed by atoms with van der Waals surface area (Å²) in [7, 11) is 1.67. The van der Waals surface area contributed by atoms with Gasteiger partial charge in [-0.1, -0.05) is 42.5 Å². The molecule has 1 aliphatic heterocycles. The number of para-hydroxylation sites is 1. The topological polar surface area (TPSA) is 49.8 Å². The maximum atomic E-state index is 11.1. The van der Waals surface area contributed by atoms with Gasteiger partial charge in [0.1, 0.15) is 5.75 Å². The molecular weight excluding hydrogens is 338 g/mol. The monoisotopic (exact) mass is 359 g/mol. The Morgan fingerprint density at radius 3 is 2.44 bits per heavy atom. The second-order valence-corrected chi connectivity index (χ2v) is 6.72. The Kier molecular flexibility index (Phi) is 4.55. The lowest BCUT2D eigenvalue weighted by atomic mass is 9.99. The molecule has 0 aromatic heterocycles. The highest BCUT2D eigenvalue weighted by atomic mass is 16.5. The van der Waals surface area contributed by atoms with Crippen molar-refractivity contribution in [2.24, 2.45) is 0 Å². The lowest BCUT2D eigenvalue weighted by Crippen LogP contribution is -2.20. The SMILES string of the molecule is COc1ccc(CN2CCc3cccc(-c4ccc(C(=O)O)cc4)c32)cc1. The zero-order valence-corrected chi connectivity index (χ0v) is 15.2. The van der Waals surface area contributed by atoms with E-state index in [0.29, 0.717) is 5.56 Å². The van der Waals surface area contributed by atoms with Crippen molar-refractivity contribution in [3.8, 4) is 16.9 Å². The van der Waals surface area contributed by atoms with E-state index in [0.717, 1.165) is 36.4 Å². The van der Waals surface area contributed by atoms with Crippen LogP contribution < -0.4 is 9.64 Å². The molecule has 4 heteroatoms. The van der Waals surface area contributed by atoms with Gasteiger partial charge in [0.25, 0.3) is 0 Å². The third kappa shape index (κ3) is 3.38. The van der Waals surface area contributed by atoms with Crippen molar-refractivity contribution < 1.29 is 14.6 Å². The second kappa shape index (κ2) is 7.16. The Morgan fingerprint density at radius 2 is 1.78 bits per heavy atom. The summed E-state index contributed by atoms with van der Waals surface area (Å²) in [6, 6.07) is 21.7. The molecule has 27 heavy (non-hydrogen) atoms. The van der Waals surface area contributed by atoms with E-state index in [1.165, 1.54) is 16.8 Å². The number of hydrogen-bond donors (Lipinski definition) is 1. The third-order valence-corrected chi connectivity index (χ3v) is 5.06. The van der Waals surface area contributed by atoms with Crippen molar-refractivity contribution in [3.05, 3.63) is 83.4 Å². The van der Waals surface area contributed by atoms with Gasteiger partial charge in [-0.3, -0.25) is 0 Å². The molecule has 0 aliphatic carbocycles. The van der Waals surface area contributed by atoms with E-state index < -0.39 is 5.97 Å². The number of nitrogens with zero attached hydrogens (tertiary/aromatic N) is 1. The number of methoxy groups -OCH3 is 1. The molecule has 0 bridgehead atoms. The quantitative estimate of drug-likeness (QED) is 0.722. The maximum Gasteiger partial charge on any atom is 0.335 e. The average molecular weight is 359 g/mol. The summed E-state index contributed by atoms with van der Waals surface area (Å²) >= 11 is 0. The number of hydrogen-bond acceptors (Lipinski definition) is 3. The van der Waals surface area contributed by atoms with E-state index in [4.69, 9.17) is 9.84 Å². The molecule has 0 atom stereocenters. The van der Waals surface area contributed by atoms with Crippen molar-refractivity contribution in [2.45, 2.75) is 13.0 Å². The largest absolute Gasteiger partial charge is 0.497 e. The summed E-state index contributed by atoms with van der Waals surface area (Å²) in [4.78, 5) is 13.5. The fourth-order valence-corrected chi connectivity index (χ4v) is 3.67. The van der Waals surface area contributed by atoms with Crippen LogP contribution in [0.25, 0.3) is 11.1 Å². The Morgan fingerprint density at radius 1 is 1.04 bits per heavy atom. The van der Waals surface area contributed by atoms with Crippen LogP contribution in [0.4, 0.5) is 5.69 Å². The van der Waals surface area contributed by atoms with Crippen molar-refractivity contribution in [2.75, 3.05) is 18.6 Å². The first-order valence-corrected chi connectivity index (χ1v) is 8.99. The van der Waals surface area contributed by atoms with Gasteiger partial charge in [-0.15, -0.1) is 0 Å². The predicted molar refractivity (Wildman–Crippen MR) is 107 cm³/mol. The van der Waals surface area contributed by atoms with Crippen LogP contribution in [-0.4, -0.2) is 24.7 Å². The van der Waals surface area contributed by atoms with E-state index in [2.05, 4.69) is 35.2 Å². The number of ether oxygens (including phenoxy) is 1. The second-order valence-electron chi connectivity index (χ2n) is 6.72. The minimum absolute atomic E-state index is 0.307. The van der Waals surface area contributed by atoms with Gasteiger partial charge in [-0.25, -0.2) is 4.79 Å². The van der Waals surface area contributed by atoms with Gasteiger partial charge < -0.3 is 14.7 Å². The number of anilines is 1. The van der Waals surface area contributed by atoms with Crippen LogP contribution in [-0.2, 0) is 13.0 Å². The Hall–Kier alpha value is -3.27. The fraction of sp³-hybridized carbons (Fsp3) is 0.174. The molecule has 0 saturated heterocycles. The van der Waals surface area contributed by atoms with E-state index in [-0.39, 0.29) is 0 Å². The van der Waals surface area contributed by atoms with E-state index in [1.54, 1.807) is 19.2 Å². The van der Waals surface area contributed by atoms with Crippen LogP contribution in [0.2, 0.25) is 0 Å². The van der Waals surface area contributed by atoms with Gasteiger partial charge >= 0.3 is 5.97 Å². The highest BCUT2D eigenvalue weighted by Crippen LogP contribution is 2.39. The van der Waals surface area contributed by atoms with Crippen LogP contribution in [0, 0.1) is 0 Å². The smallest absolute Gasteiger partial charge is 0.335 e. The van der Waals surface area contributed by atoms with Gasteiger partial charge in [0, 0.05) is 24.3 Å². The number of fused-ring (bicyclic) bond motifs is 1. The minimum atomic E-state index is -0.902. The number of benzene rings is 3. The summed E-state index contributed by atoms with van der Waals surface area (Å²) in [6.45, 7) is 1.81. The minimum Gasteiger partial charge on any atom is -0.497 e. The number of rotatable bonds is 5. The van der Waals surface area contributed by atoms with Gasteiger partial charge in [0.05, 0.1) is 12.7 Å². The summed E-state index contributed by atoms with van der Waals surface area (Å²) in [5.41, 5.74) is 6.31. The summed E-state index contributed by atoms with van der Waals surface area (Å²) in [5, 5.41) is 9.13. The highest BCUT2D eigenvalue weighted by Gasteiger charge is 2.23. The van der Waals surface area contributed by atoms with E-state index in [9.17, 15) is 4.79 Å². The van der Waals surface area contributed by atoms with Crippen molar-refractivity contribution in [3.63, 3.8) is 0 Å². The van der Waals surface area contributed by atoms with Crippen LogP contribution in [0.3, 0.4) is 0 Å². The van der Waals surface area contributed by atoms with Crippen molar-refractivity contribution in [1.29, 1.82) is 0 Å². The first kappa shape index (κ1) is 17.2. The first-order valence-electron chi connectivity index (χ1n) is 8.99. The molecule has 3 aromatic carbocycles. The molecule has 1 heterocycles. The zero-order valence-electron chi connectivity index (χ0n) is 15.2. The van der Waals surface area contributed by atoms with Crippen molar-refractivity contribution in [1.82, 2.24) is 0 Å². The van der Waals surface area contributed by atoms with Crippen molar-refractivity contribution >= 4 is 11.7 Å². The molecule has 0 unspecified atom stereocenters. The van der Waals surface area contributed by atoms with Gasteiger partial charge in [0.15, 0.2) is 0 Å². The molecule has 0 spiro atoms. The standard InChI is InChI=1S/C23H21NO3/c1-27-20-11-5-16(6-12-20)15-24-14-13-18-3-2-4-21(22(18)24)17-7-9-19(10-8-17)23(25)26/h2-12H,13-15H2,1H3,(H,25,26). The predicted octanol–water partition coefficient (Wildman–Crippen LogP) is 4.62. The number of carboxylic acids is 1. The summed E-state index contributed by atoms with van der Waals surface area (Å²) < 4.78 is 5.24. The van der Waals surface area contributed by atoms with Gasteiger partial charge in [-0.2, -0.15) is 0 Å². The molecular formula is C23H21NO3. The molecule has 3 aromatic rings. The average Bonchev–Trinajstić information content (AvgIpc) is 3.11. The molecule has 0 saturated carbocycles. The van der Waals surface area contributed by atoms with Crippen LogP contribution in [0.15, 0.2) is 66.7 Å². The maximum absolute atomic E-state index is 11.1. The zero-order chi connectivity index (χ0) is 18.8. The van der Waals surface area contributed by atoms with Gasteiger partial charge in [0.2, 0.25) is 0 Å². The lowest BCUT2D eigenvalue weighted by Gasteiger charge is -2.23. The Labute approximate surface area is 158 Å². The van der Waals surface area contributed by atoms with E-state index in [1.807, 2.05) is 24.3 Å². The van der Waals surface area contributed by atoms with Crippen LogP contribution >= 0.6 is 0 Å². The Bertz CT molecular complexity index is 962. The molecule has 0 fully saturated rings. The lowest BCUT2D eigenvalue weighted by molar-refractivity contribution is 0.0697.